The Balaban J connectivity index is 0.910. The van der Waals surface area contributed by atoms with E-state index in [-0.39, 0.29) is 5.41 Å². The van der Waals surface area contributed by atoms with E-state index in [0.29, 0.717) is 5.82 Å². The van der Waals surface area contributed by atoms with Gasteiger partial charge in [-0.25, -0.2) is 15.0 Å². The Bertz CT molecular complexity index is 3580. The van der Waals surface area contributed by atoms with Crippen LogP contribution in [0.1, 0.15) is 25.0 Å². The molecule has 11 aromatic rings. The number of nitrogens with zero attached hydrogens (tertiary/aromatic N) is 3. The first kappa shape index (κ1) is 38.4. The summed E-state index contributed by atoms with van der Waals surface area (Å²) in [7, 11) is 0. The van der Waals surface area contributed by atoms with Gasteiger partial charge in [0.25, 0.3) is 0 Å². The van der Waals surface area contributed by atoms with Crippen molar-refractivity contribution in [2.75, 3.05) is 0 Å². The van der Waals surface area contributed by atoms with Crippen molar-refractivity contribution < 1.29 is 0 Å². The zero-order valence-electron chi connectivity index (χ0n) is 36.2. The molecule has 1 aliphatic carbocycles. The third-order valence-corrected chi connectivity index (χ3v) is 13.3. The monoisotopic (exact) mass is 829 g/mol. The molecule has 1 aliphatic rings. The lowest BCUT2D eigenvalue weighted by molar-refractivity contribution is 0.660. The molecular weight excluding hydrogens is 787 g/mol. The minimum Gasteiger partial charge on any atom is -0.247 e. The van der Waals surface area contributed by atoms with Crippen molar-refractivity contribution in [3.63, 3.8) is 0 Å². The lowest BCUT2D eigenvalue weighted by atomic mass is 9.81. The molecule has 0 unspecified atom stereocenters. The zero-order chi connectivity index (χ0) is 43.5. The van der Waals surface area contributed by atoms with Gasteiger partial charge in [-0.05, 0) is 79.9 Å². The molecule has 0 N–H and O–H groups in total. The molecule has 12 rings (SSSR count). The fourth-order valence-electron chi connectivity index (χ4n) is 9.92. The van der Waals surface area contributed by atoms with E-state index in [0.717, 1.165) is 66.8 Å². The molecule has 2 heterocycles. The molecule has 9 aromatic carbocycles. The van der Waals surface area contributed by atoms with Crippen LogP contribution in [0.15, 0.2) is 224 Å². The van der Waals surface area contributed by atoms with E-state index in [1.165, 1.54) is 49.9 Å². The van der Waals surface area contributed by atoms with Gasteiger partial charge >= 0.3 is 0 Å². The maximum absolute atomic E-state index is 5.29. The van der Waals surface area contributed by atoms with Crippen molar-refractivity contribution in [1.29, 1.82) is 0 Å². The Morgan fingerprint density at radius 1 is 0.308 bits per heavy atom. The van der Waals surface area contributed by atoms with Crippen LogP contribution in [0.25, 0.3) is 111 Å². The fourth-order valence-corrected chi connectivity index (χ4v) is 9.92. The number of fused-ring (bicyclic) bond motifs is 6. The molecule has 0 fully saturated rings. The predicted octanol–water partition coefficient (Wildman–Crippen LogP) is 16.2. The van der Waals surface area contributed by atoms with Gasteiger partial charge < -0.3 is 0 Å². The molecule has 65 heavy (non-hydrogen) atoms. The molecule has 0 atom stereocenters. The van der Waals surface area contributed by atoms with Crippen molar-refractivity contribution in [1.82, 2.24) is 15.0 Å². The standard InChI is InChI=1S/C62H43N3/c1-62(2)54-24-13-12-21-50(54)51-35-33-48(38-55(51)62)41-27-31-44(32-28-41)58-39-57(64-61(65-58)46-19-10-5-11-20-46)43-29-25-40(26-30-43)47-34-36-56-53(37-47)59-49(42-15-6-3-7-16-42)22-14-23-52(59)60(63-56)45-17-8-4-9-18-45/h3-39H,1-2H3. The Labute approximate surface area is 379 Å². The minimum absolute atomic E-state index is 0.0487. The van der Waals surface area contributed by atoms with E-state index in [4.69, 9.17) is 15.0 Å². The second-order valence-electron chi connectivity index (χ2n) is 17.6. The number of hydrogen-bond acceptors (Lipinski definition) is 3. The summed E-state index contributed by atoms with van der Waals surface area (Å²) in [5, 5.41) is 3.48. The summed E-state index contributed by atoms with van der Waals surface area (Å²) in [6.07, 6.45) is 0. The summed E-state index contributed by atoms with van der Waals surface area (Å²) in [6, 6.07) is 80.2. The number of aromatic nitrogens is 3. The average molecular weight is 830 g/mol. The van der Waals surface area contributed by atoms with Crippen molar-refractivity contribution >= 4 is 21.7 Å². The van der Waals surface area contributed by atoms with Gasteiger partial charge in [0.05, 0.1) is 22.6 Å². The highest BCUT2D eigenvalue weighted by molar-refractivity contribution is 6.17. The third-order valence-electron chi connectivity index (χ3n) is 13.3. The maximum atomic E-state index is 5.29. The van der Waals surface area contributed by atoms with E-state index in [1.54, 1.807) is 0 Å². The van der Waals surface area contributed by atoms with Gasteiger partial charge in [0, 0.05) is 43.8 Å². The number of hydrogen-bond donors (Lipinski definition) is 0. The molecule has 0 saturated heterocycles. The van der Waals surface area contributed by atoms with Gasteiger partial charge in [0.15, 0.2) is 5.82 Å². The van der Waals surface area contributed by atoms with Crippen molar-refractivity contribution in [3.8, 4) is 89.7 Å². The first-order chi connectivity index (χ1) is 32.0. The fraction of sp³-hybridized carbons (Fsp3) is 0.0484. The summed E-state index contributed by atoms with van der Waals surface area (Å²) < 4.78 is 0. The lowest BCUT2D eigenvalue weighted by Gasteiger charge is -2.22. The van der Waals surface area contributed by atoms with Crippen LogP contribution in [0.4, 0.5) is 0 Å². The van der Waals surface area contributed by atoms with Crippen molar-refractivity contribution in [2.24, 2.45) is 0 Å². The lowest BCUT2D eigenvalue weighted by Crippen LogP contribution is -2.14. The SMILES string of the molecule is CC1(C)c2ccccc2-c2ccc(-c3ccc(-c4cc(-c5ccc(-c6ccc7nc(-c8ccccc8)c8cccc(-c9ccccc9)c8c7c6)cc5)nc(-c5ccccc5)n4)cc3)cc21. The molecule has 0 bridgehead atoms. The van der Waals surface area contributed by atoms with Gasteiger partial charge in [0.2, 0.25) is 0 Å². The molecule has 0 amide bonds. The van der Waals surface area contributed by atoms with Gasteiger partial charge in [0.1, 0.15) is 0 Å². The third kappa shape index (κ3) is 6.72. The van der Waals surface area contributed by atoms with E-state index in [1.807, 2.05) is 18.2 Å². The largest absolute Gasteiger partial charge is 0.247 e. The molecule has 3 nitrogen and oxygen atoms in total. The van der Waals surface area contributed by atoms with Gasteiger partial charge in [-0.1, -0.05) is 214 Å². The first-order valence-corrected chi connectivity index (χ1v) is 22.3. The predicted molar refractivity (Wildman–Crippen MR) is 270 cm³/mol. The second-order valence-corrected chi connectivity index (χ2v) is 17.6. The second kappa shape index (κ2) is 15.5. The van der Waals surface area contributed by atoms with Crippen LogP contribution in [0.5, 0.6) is 0 Å². The van der Waals surface area contributed by atoms with Crippen molar-refractivity contribution in [3.05, 3.63) is 236 Å². The summed E-state index contributed by atoms with van der Waals surface area (Å²) in [4.78, 5) is 15.6. The highest BCUT2D eigenvalue weighted by atomic mass is 14.9. The van der Waals surface area contributed by atoms with Crippen LogP contribution in [0.2, 0.25) is 0 Å². The van der Waals surface area contributed by atoms with E-state index in [2.05, 4.69) is 220 Å². The maximum Gasteiger partial charge on any atom is 0.160 e. The van der Waals surface area contributed by atoms with Crippen LogP contribution >= 0.6 is 0 Å². The highest BCUT2D eigenvalue weighted by Gasteiger charge is 2.35. The minimum atomic E-state index is -0.0487. The summed E-state index contributed by atoms with van der Waals surface area (Å²) >= 11 is 0. The molecule has 306 valence electrons. The van der Waals surface area contributed by atoms with Crippen LogP contribution in [-0.4, -0.2) is 15.0 Å². The Morgan fingerprint density at radius 3 is 1.48 bits per heavy atom. The van der Waals surface area contributed by atoms with E-state index >= 15 is 0 Å². The number of pyridine rings is 1. The molecule has 0 aliphatic heterocycles. The van der Waals surface area contributed by atoms with Crippen molar-refractivity contribution in [2.45, 2.75) is 19.3 Å². The molecule has 0 spiro atoms. The summed E-state index contributed by atoms with van der Waals surface area (Å²) in [5.74, 6) is 0.699. The van der Waals surface area contributed by atoms with Crippen LogP contribution in [0, 0.1) is 0 Å². The number of rotatable bonds is 7. The molecular formula is C62H43N3. The van der Waals surface area contributed by atoms with Crippen LogP contribution in [0.3, 0.4) is 0 Å². The Morgan fingerprint density at radius 2 is 0.815 bits per heavy atom. The van der Waals surface area contributed by atoms with Gasteiger partial charge in [-0.2, -0.15) is 0 Å². The molecule has 3 heteroatoms. The van der Waals surface area contributed by atoms with E-state index in [9.17, 15) is 0 Å². The zero-order valence-corrected chi connectivity index (χ0v) is 36.2. The highest BCUT2D eigenvalue weighted by Crippen LogP contribution is 2.49. The van der Waals surface area contributed by atoms with Crippen LogP contribution in [-0.2, 0) is 5.41 Å². The smallest absolute Gasteiger partial charge is 0.160 e. The Kier molecular flexibility index (Phi) is 9.17. The Hall–Kier alpha value is -8.27. The summed E-state index contributed by atoms with van der Waals surface area (Å²) in [6.45, 7) is 4.67. The molecule has 0 saturated carbocycles. The quantitative estimate of drug-likeness (QED) is 0.150. The summed E-state index contributed by atoms with van der Waals surface area (Å²) in [5.41, 5.74) is 20.3. The topological polar surface area (TPSA) is 38.7 Å². The number of benzene rings is 9. The normalized spacial score (nSPS) is 12.6. The first-order valence-electron chi connectivity index (χ1n) is 22.3. The molecule has 0 radical (unpaired) electrons. The van der Waals surface area contributed by atoms with Crippen LogP contribution < -0.4 is 0 Å². The van der Waals surface area contributed by atoms with E-state index < -0.39 is 0 Å². The van der Waals surface area contributed by atoms with Gasteiger partial charge in [-0.3, -0.25) is 0 Å². The molecule has 2 aromatic heterocycles. The van der Waals surface area contributed by atoms with Gasteiger partial charge in [-0.15, -0.1) is 0 Å². The average Bonchev–Trinajstić information content (AvgIpc) is 3.61.